The van der Waals surface area contributed by atoms with Gasteiger partial charge in [0.2, 0.25) is 0 Å². The average Bonchev–Trinajstić information content (AvgIpc) is 2.47. The van der Waals surface area contributed by atoms with Gasteiger partial charge in [-0.2, -0.15) is 12.7 Å². The summed E-state index contributed by atoms with van der Waals surface area (Å²) in [6.45, 7) is 2.22. The maximum absolute atomic E-state index is 12.3. The Balaban J connectivity index is 2.19. The molecule has 1 aliphatic rings. The first-order valence-corrected chi connectivity index (χ1v) is 7.71. The van der Waals surface area contributed by atoms with Crippen LogP contribution in [0, 0.1) is 0 Å². The largest absolute Gasteiger partial charge is 0.497 e. The molecule has 0 amide bonds. The highest BCUT2D eigenvalue weighted by atomic mass is 32.2. The minimum absolute atomic E-state index is 0.416. The molecule has 0 unspecified atom stereocenters. The lowest BCUT2D eigenvalue weighted by molar-refractivity contribution is 0.362. The number of piperazine rings is 1. The number of nitrogens with zero attached hydrogens (tertiary/aromatic N) is 1. The first-order valence-electron chi connectivity index (χ1n) is 6.27. The summed E-state index contributed by atoms with van der Waals surface area (Å²) >= 11 is 0. The molecular weight excluding hydrogens is 282 g/mol. The van der Waals surface area contributed by atoms with Crippen LogP contribution in [0.3, 0.4) is 0 Å². The summed E-state index contributed by atoms with van der Waals surface area (Å²) in [5, 5.41) is 3.11. The lowest BCUT2D eigenvalue weighted by Crippen LogP contribution is -2.48. The average molecular weight is 301 g/mol. The van der Waals surface area contributed by atoms with Crippen molar-refractivity contribution >= 4 is 15.9 Å². The van der Waals surface area contributed by atoms with E-state index in [1.165, 1.54) is 18.5 Å². The number of ether oxygens (including phenoxy) is 2. The van der Waals surface area contributed by atoms with E-state index in [0.29, 0.717) is 43.4 Å². The van der Waals surface area contributed by atoms with Crippen molar-refractivity contribution in [1.29, 1.82) is 0 Å². The van der Waals surface area contributed by atoms with E-state index in [9.17, 15) is 8.42 Å². The molecule has 1 aliphatic heterocycles. The Morgan fingerprint density at radius 2 is 1.65 bits per heavy atom. The molecule has 2 rings (SSSR count). The second-order valence-electron chi connectivity index (χ2n) is 4.36. The molecule has 2 N–H and O–H groups in total. The first-order chi connectivity index (χ1) is 9.55. The van der Waals surface area contributed by atoms with Gasteiger partial charge >= 0.3 is 10.2 Å². The Labute approximate surface area is 119 Å². The summed E-state index contributed by atoms with van der Waals surface area (Å²) in [5.41, 5.74) is 0.416. The van der Waals surface area contributed by atoms with Crippen molar-refractivity contribution in [1.82, 2.24) is 9.62 Å². The number of hydrogen-bond acceptors (Lipinski definition) is 5. The number of anilines is 1. The molecule has 1 heterocycles. The fraction of sp³-hybridized carbons (Fsp3) is 0.500. The quantitative estimate of drug-likeness (QED) is 0.816. The van der Waals surface area contributed by atoms with E-state index in [4.69, 9.17) is 9.47 Å². The first kappa shape index (κ1) is 14.9. The fourth-order valence-corrected chi connectivity index (χ4v) is 3.17. The lowest BCUT2D eigenvalue weighted by atomic mass is 10.3. The van der Waals surface area contributed by atoms with Crippen LogP contribution in [-0.2, 0) is 10.2 Å². The van der Waals surface area contributed by atoms with Gasteiger partial charge in [0.05, 0.1) is 19.9 Å². The van der Waals surface area contributed by atoms with Crippen molar-refractivity contribution < 1.29 is 17.9 Å². The van der Waals surface area contributed by atoms with Gasteiger partial charge in [-0.05, 0) is 0 Å². The van der Waals surface area contributed by atoms with Gasteiger partial charge in [-0.15, -0.1) is 0 Å². The number of hydrogen-bond donors (Lipinski definition) is 2. The number of benzene rings is 1. The Morgan fingerprint density at radius 3 is 2.15 bits per heavy atom. The Hall–Kier alpha value is -1.51. The van der Waals surface area contributed by atoms with Gasteiger partial charge in [0.15, 0.2) is 0 Å². The summed E-state index contributed by atoms with van der Waals surface area (Å²) in [5.74, 6) is 1.06. The van der Waals surface area contributed by atoms with Crippen LogP contribution in [0.15, 0.2) is 18.2 Å². The molecule has 1 aromatic rings. The molecule has 20 heavy (non-hydrogen) atoms. The Kier molecular flexibility index (Phi) is 4.69. The standard InChI is InChI=1S/C12H19N3O4S/c1-18-11-7-10(8-12(9-11)19-2)14-20(16,17)15-5-3-13-4-6-15/h7-9,13-14H,3-6H2,1-2H3. The van der Waals surface area contributed by atoms with Gasteiger partial charge in [0.25, 0.3) is 0 Å². The number of rotatable bonds is 5. The summed E-state index contributed by atoms with van der Waals surface area (Å²) in [6.07, 6.45) is 0. The van der Waals surface area contributed by atoms with Crippen molar-refractivity contribution in [2.45, 2.75) is 0 Å². The maximum atomic E-state index is 12.3. The number of methoxy groups -OCH3 is 2. The van der Waals surface area contributed by atoms with Crippen LogP contribution in [-0.4, -0.2) is 53.1 Å². The molecule has 0 atom stereocenters. The van der Waals surface area contributed by atoms with E-state index in [1.807, 2.05) is 0 Å². The van der Waals surface area contributed by atoms with Gasteiger partial charge in [0.1, 0.15) is 11.5 Å². The highest BCUT2D eigenvalue weighted by molar-refractivity contribution is 7.90. The predicted octanol–water partition coefficient (Wildman–Crippen LogP) is 0.266. The van der Waals surface area contributed by atoms with Crippen LogP contribution < -0.4 is 19.5 Å². The van der Waals surface area contributed by atoms with Gasteiger partial charge in [-0.3, -0.25) is 4.72 Å². The second kappa shape index (κ2) is 6.29. The molecule has 1 fully saturated rings. The van der Waals surface area contributed by atoms with Gasteiger partial charge < -0.3 is 14.8 Å². The Bertz CT molecular complexity index is 534. The molecule has 1 saturated heterocycles. The van der Waals surface area contributed by atoms with Crippen LogP contribution in [0.5, 0.6) is 11.5 Å². The maximum Gasteiger partial charge on any atom is 0.301 e. The third-order valence-corrected chi connectivity index (χ3v) is 4.55. The molecule has 0 aromatic heterocycles. The van der Waals surface area contributed by atoms with Gasteiger partial charge in [-0.25, -0.2) is 0 Å². The summed E-state index contributed by atoms with van der Waals surface area (Å²) < 4.78 is 38.7. The summed E-state index contributed by atoms with van der Waals surface area (Å²) in [7, 11) is -0.520. The van der Waals surface area contributed by atoms with E-state index in [1.54, 1.807) is 18.2 Å². The van der Waals surface area contributed by atoms with Crippen LogP contribution in [0.1, 0.15) is 0 Å². The molecule has 7 nitrogen and oxygen atoms in total. The second-order valence-corrected chi connectivity index (χ2v) is 6.03. The fourth-order valence-electron chi connectivity index (χ4n) is 1.96. The highest BCUT2D eigenvalue weighted by Gasteiger charge is 2.23. The highest BCUT2D eigenvalue weighted by Crippen LogP contribution is 2.26. The zero-order valence-corrected chi connectivity index (χ0v) is 12.4. The lowest BCUT2D eigenvalue weighted by Gasteiger charge is -2.27. The van der Waals surface area contributed by atoms with E-state index >= 15 is 0 Å². The van der Waals surface area contributed by atoms with E-state index in [0.717, 1.165) is 0 Å². The van der Waals surface area contributed by atoms with Crippen LogP contribution in [0.2, 0.25) is 0 Å². The van der Waals surface area contributed by atoms with E-state index in [2.05, 4.69) is 10.0 Å². The van der Waals surface area contributed by atoms with Crippen LogP contribution >= 0.6 is 0 Å². The van der Waals surface area contributed by atoms with Crippen LogP contribution in [0.25, 0.3) is 0 Å². The minimum atomic E-state index is -3.55. The normalized spacial score (nSPS) is 16.7. The van der Waals surface area contributed by atoms with Crippen molar-refractivity contribution in [2.75, 3.05) is 45.1 Å². The third-order valence-electron chi connectivity index (χ3n) is 3.01. The van der Waals surface area contributed by atoms with E-state index in [-0.39, 0.29) is 0 Å². The minimum Gasteiger partial charge on any atom is -0.497 e. The summed E-state index contributed by atoms with van der Waals surface area (Å²) in [4.78, 5) is 0. The third kappa shape index (κ3) is 3.53. The SMILES string of the molecule is COc1cc(NS(=O)(=O)N2CCNCC2)cc(OC)c1. The molecular formula is C12H19N3O4S. The molecule has 0 radical (unpaired) electrons. The summed E-state index contributed by atoms with van der Waals surface area (Å²) in [6, 6.07) is 4.91. The zero-order chi connectivity index (χ0) is 14.6. The van der Waals surface area contributed by atoms with Crippen molar-refractivity contribution in [3.05, 3.63) is 18.2 Å². The molecule has 0 spiro atoms. The molecule has 0 aliphatic carbocycles. The Morgan fingerprint density at radius 1 is 1.10 bits per heavy atom. The number of nitrogens with one attached hydrogen (secondary N) is 2. The van der Waals surface area contributed by atoms with Crippen molar-refractivity contribution in [3.8, 4) is 11.5 Å². The van der Waals surface area contributed by atoms with E-state index < -0.39 is 10.2 Å². The molecule has 112 valence electrons. The zero-order valence-electron chi connectivity index (χ0n) is 11.5. The van der Waals surface area contributed by atoms with Crippen LogP contribution in [0.4, 0.5) is 5.69 Å². The van der Waals surface area contributed by atoms with Crippen molar-refractivity contribution in [2.24, 2.45) is 0 Å². The molecule has 1 aromatic carbocycles. The molecule has 8 heteroatoms. The molecule has 0 bridgehead atoms. The monoisotopic (exact) mass is 301 g/mol. The predicted molar refractivity (Wildman–Crippen MR) is 76.5 cm³/mol. The smallest absolute Gasteiger partial charge is 0.301 e. The molecule has 0 saturated carbocycles. The topological polar surface area (TPSA) is 79.9 Å². The van der Waals surface area contributed by atoms with Crippen molar-refractivity contribution in [3.63, 3.8) is 0 Å². The van der Waals surface area contributed by atoms with Gasteiger partial charge in [0, 0.05) is 44.4 Å². The van der Waals surface area contributed by atoms with Gasteiger partial charge in [-0.1, -0.05) is 0 Å².